The third-order valence-electron chi connectivity index (χ3n) is 2.88. The van der Waals surface area contributed by atoms with E-state index in [2.05, 4.69) is 79.4 Å². The molecule has 102 valence electrons. The molecule has 0 aliphatic rings. The van der Waals surface area contributed by atoms with Crippen LogP contribution in [0.4, 0.5) is 0 Å². The van der Waals surface area contributed by atoms with Gasteiger partial charge in [-0.05, 0) is 57.9 Å². The monoisotopic (exact) mass is 312 g/mol. The Morgan fingerprint density at radius 1 is 1.28 bits per heavy atom. The Balaban J connectivity index is 2.40. The first-order chi connectivity index (χ1) is 8.28. The van der Waals surface area contributed by atoms with Gasteiger partial charge in [-0.2, -0.15) is 0 Å². The van der Waals surface area contributed by atoms with Crippen LogP contribution in [0.2, 0.25) is 0 Å². The summed E-state index contributed by atoms with van der Waals surface area (Å²) in [6.07, 6.45) is 0. The van der Waals surface area contributed by atoms with Gasteiger partial charge in [-0.3, -0.25) is 0 Å². The Bertz CT molecular complexity index is 383. The molecule has 2 N–H and O–H groups in total. The molecule has 0 spiro atoms. The Hall–Kier alpha value is -0.380. The summed E-state index contributed by atoms with van der Waals surface area (Å²) in [7, 11) is 0. The molecule has 0 saturated heterocycles. The topological polar surface area (TPSA) is 24.1 Å². The van der Waals surface area contributed by atoms with Gasteiger partial charge in [0.15, 0.2) is 0 Å². The number of benzene rings is 1. The van der Waals surface area contributed by atoms with Crippen LogP contribution < -0.4 is 10.6 Å². The van der Waals surface area contributed by atoms with E-state index in [9.17, 15) is 0 Å². The minimum atomic E-state index is 0.184. The molecule has 0 aromatic heterocycles. The molecule has 1 rings (SSSR count). The van der Waals surface area contributed by atoms with Gasteiger partial charge in [-0.15, -0.1) is 0 Å². The lowest BCUT2D eigenvalue weighted by Gasteiger charge is -2.24. The molecule has 0 amide bonds. The summed E-state index contributed by atoms with van der Waals surface area (Å²) in [4.78, 5) is 0. The van der Waals surface area contributed by atoms with Crippen molar-refractivity contribution in [3.8, 4) is 0 Å². The van der Waals surface area contributed by atoms with Crippen LogP contribution in [0, 0.1) is 6.92 Å². The Kier molecular flexibility index (Phi) is 5.83. The molecular formula is C15H25BrN2. The first kappa shape index (κ1) is 15.7. The molecule has 0 saturated carbocycles. The van der Waals surface area contributed by atoms with Crippen molar-refractivity contribution in [1.82, 2.24) is 10.6 Å². The maximum Gasteiger partial charge on any atom is 0.0211 e. The highest BCUT2D eigenvalue weighted by Gasteiger charge is 2.10. The Morgan fingerprint density at radius 3 is 2.50 bits per heavy atom. The van der Waals surface area contributed by atoms with Crippen molar-refractivity contribution in [3.05, 3.63) is 33.8 Å². The van der Waals surface area contributed by atoms with E-state index in [-0.39, 0.29) is 5.54 Å². The zero-order valence-electron chi connectivity index (χ0n) is 12.1. The lowest BCUT2D eigenvalue weighted by Crippen LogP contribution is -2.44. The zero-order chi connectivity index (χ0) is 13.8. The summed E-state index contributed by atoms with van der Waals surface area (Å²) in [5.41, 5.74) is 2.87. The van der Waals surface area contributed by atoms with Gasteiger partial charge in [-0.1, -0.05) is 22.0 Å². The standard InChI is InChI=1S/C15H25BrN2/c1-11-8-14(16)7-6-13(11)10-17-12(2)9-18-15(3,4)5/h6-8,12,17-18H,9-10H2,1-5H3. The van der Waals surface area contributed by atoms with Crippen LogP contribution in [0.1, 0.15) is 38.8 Å². The molecular weight excluding hydrogens is 288 g/mol. The predicted octanol–water partition coefficient (Wildman–Crippen LogP) is 3.62. The minimum Gasteiger partial charge on any atom is -0.311 e. The lowest BCUT2D eigenvalue weighted by molar-refractivity contribution is 0.387. The Labute approximate surface area is 120 Å². The number of nitrogens with one attached hydrogen (secondary N) is 2. The van der Waals surface area contributed by atoms with E-state index in [1.54, 1.807) is 0 Å². The molecule has 1 unspecified atom stereocenters. The second kappa shape index (κ2) is 6.69. The summed E-state index contributed by atoms with van der Waals surface area (Å²) >= 11 is 3.49. The third-order valence-corrected chi connectivity index (χ3v) is 3.38. The largest absolute Gasteiger partial charge is 0.311 e. The number of rotatable bonds is 5. The van der Waals surface area contributed by atoms with E-state index in [0.29, 0.717) is 6.04 Å². The van der Waals surface area contributed by atoms with Gasteiger partial charge in [-0.25, -0.2) is 0 Å². The summed E-state index contributed by atoms with van der Waals surface area (Å²) in [6.45, 7) is 12.9. The number of hydrogen-bond acceptors (Lipinski definition) is 2. The lowest BCUT2D eigenvalue weighted by atomic mass is 10.1. The minimum absolute atomic E-state index is 0.184. The third kappa shape index (κ3) is 5.98. The van der Waals surface area contributed by atoms with Crippen molar-refractivity contribution in [2.75, 3.05) is 6.54 Å². The zero-order valence-corrected chi connectivity index (χ0v) is 13.7. The summed E-state index contributed by atoms with van der Waals surface area (Å²) in [6, 6.07) is 6.90. The highest BCUT2D eigenvalue weighted by atomic mass is 79.9. The molecule has 0 aliphatic heterocycles. The van der Waals surface area contributed by atoms with E-state index in [1.165, 1.54) is 11.1 Å². The molecule has 1 aromatic rings. The summed E-state index contributed by atoms with van der Waals surface area (Å²) in [5, 5.41) is 7.07. The van der Waals surface area contributed by atoms with Crippen LogP contribution in [0.5, 0.6) is 0 Å². The van der Waals surface area contributed by atoms with Gasteiger partial charge >= 0.3 is 0 Å². The molecule has 0 heterocycles. The molecule has 0 bridgehead atoms. The van der Waals surface area contributed by atoms with E-state index in [0.717, 1.165) is 17.6 Å². The summed E-state index contributed by atoms with van der Waals surface area (Å²) < 4.78 is 1.14. The molecule has 0 aliphatic carbocycles. The highest BCUT2D eigenvalue weighted by Crippen LogP contribution is 2.15. The second-order valence-electron chi connectivity index (χ2n) is 5.98. The maximum absolute atomic E-state index is 3.55. The fraction of sp³-hybridized carbons (Fsp3) is 0.600. The van der Waals surface area contributed by atoms with Crippen molar-refractivity contribution < 1.29 is 0 Å². The average molecular weight is 313 g/mol. The van der Waals surface area contributed by atoms with Gasteiger partial charge in [0, 0.05) is 29.1 Å². The maximum atomic E-state index is 3.55. The van der Waals surface area contributed by atoms with Gasteiger partial charge in [0.2, 0.25) is 0 Å². The molecule has 0 fully saturated rings. The van der Waals surface area contributed by atoms with E-state index >= 15 is 0 Å². The molecule has 2 nitrogen and oxygen atoms in total. The van der Waals surface area contributed by atoms with Crippen molar-refractivity contribution >= 4 is 15.9 Å². The van der Waals surface area contributed by atoms with E-state index in [1.807, 2.05) is 0 Å². The van der Waals surface area contributed by atoms with Crippen LogP contribution in [0.25, 0.3) is 0 Å². The Morgan fingerprint density at radius 2 is 1.94 bits per heavy atom. The number of hydrogen-bond donors (Lipinski definition) is 2. The highest BCUT2D eigenvalue weighted by molar-refractivity contribution is 9.10. The molecule has 0 radical (unpaired) electrons. The first-order valence-electron chi connectivity index (χ1n) is 6.51. The van der Waals surface area contributed by atoms with Crippen LogP contribution in [0.15, 0.2) is 22.7 Å². The van der Waals surface area contributed by atoms with Crippen molar-refractivity contribution in [3.63, 3.8) is 0 Å². The fourth-order valence-electron chi connectivity index (χ4n) is 1.67. The van der Waals surface area contributed by atoms with Crippen molar-refractivity contribution in [2.24, 2.45) is 0 Å². The van der Waals surface area contributed by atoms with Gasteiger partial charge in [0.25, 0.3) is 0 Å². The van der Waals surface area contributed by atoms with Gasteiger partial charge < -0.3 is 10.6 Å². The van der Waals surface area contributed by atoms with E-state index in [4.69, 9.17) is 0 Å². The van der Waals surface area contributed by atoms with Crippen LogP contribution in [0.3, 0.4) is 0 Å². The van der Waals surface area contributed by atoms with Gasteiger partial charge in [0.05, 0.1) is 0 Å². The van der Waals surface area contributed by atoms with Gasteiger partial charge in [0.1, 0.15) is 0 Å². The first-order valence-corrected chi connectivity index (χ1v) is 7.30. The molecule has 18 heavy (non-hydrogen) atoms. The smallest absolute Gasteiger partial charge is 0.0211 e. The quantitative estimate of drug-likeness (QED) is 0.867. The average Bonchev–Trinajstić information content (AvgIpc) is 2.24. The van der Waals surface area contributed by atoms with Crippen molar-refractivity contribution in [1.29, 1.82) is 0 Å². The fourth-order valence-corrected chi connectivity index (χ4v) is 2.15. The SMILES string of the molecule is Cc1cc(Br)ccc1CNC(C)CNC(C)(C)C. The normalized spacial score (nSPS) is 13.7. The second-order valence-corrected chi connectivity index (χ2v) is 6.90. The molecule has 1 aromatic carbocycles. The van der Waals surface area contributed by atoms with Crippen LogP contribution >= 0.6 is 15.9 Å². The summed E-state index contributed by atoms with van der Waals surface area (Å²) in [5.74, 6) is 0. The predicted molar refractivity (Wildman–Crippen MR) is 82.9 cm³/mol. The number of aryl methyl sites for hydroxylation is 1. The van der Waals surface area contributed by atoms with Crippen molar-refractivity contribution in [2.45, 2.75) is 52.7 Å². The molecule has 1 atom stereocenters. The van der Waals surface area contributed by atoms with E-state index < -0.39 is 0 Å². The number of halogens is 1. The molecule has 3 heteroatoms. The van der Waals surface area contributed by atoms with Crippen LogP contribution in [-0.4, -0.2) is 18.1 Å². The van der Waals surface area contributed by atoms with Crippen LogP contribution in [-0.2, 0) is 6.54 Å².